The molecule has 0 saturated heterocycles. The van der Waals surface area contributed by atoms with Gasteiger partial charge < -0.3 is 9.84 Å². The summed E-state index contributed by atoms with van der Waals surface area (Å²) in [5.74, 6) is -1.95. The molecule has 0 saturated carbocycles. The molecule has 18 heavy (non-hydrogen) atoms. The largest absolute Gasteiger partial charge is 0.480 e. The lowest BCUT2D eigenvalue weighted by atomic mass is 10.2. The van der Waals surface area contributed by atoms with Crippen LogP contribution in [0.1, 0.15) is 26.7 Å². The van der Waals surface area contributed by atoms with E-state index in [1.807, 2.05) is 4.72 Å². The number of hydrogen-bond acceptors (Lipinski definition) is 5. The predicted molar refractivity (Wildman–Crippen MR) is 63.0 cm³/mol. The Labute approximate surface area is 106 Å². The van der Waals surface area contributed by atoms with E-state index in [1.165, 1.54) is 7.11 Å². The zero-order valence-electron chi connectivity index (χ0n) is 10.5. The molecule has 0 fully saturated rings. The smallest absolute Gasteiger partial charge is 0.321 e. The molecular weight excluding hydrogens is 264 g/mol. The van der Waals surface area contributed by atoms with Crippen molar-refractivity contribution in [3.63, 3.8) is 0 Å². The molecule has 0 radical (unpaired) electrons. The normalized spacial score (nSPS) is 13.3. The van der Waals surface area contributed by atoms with Crippen molar-refractivity contribution >= 4 is 22.1 Å². The summed E-state index contributed by atoms with van der Waals surface area (Å²) in [6.07, 6.45) is -0.362. The van der Waals surface area contributed by atoms with E-state index < -0.39 is 28.2 Å². The zero-order valence-corrected chi connectivity index (χ0v) is 11.3. The van der Waals surface area contributed by atoms with Gasteiger partial charge in [0.15, 0.2) is 0 Å². The maximum absolute atomic E-state index is 11.5. The molecule has 3 N–H and O–H groups in total. The van der Waals surface area contributed by atoms with Gasteiger partial charge in [-0.15, -0.1) is 0 Å². The number of nitrogens with one attached hydrogen (secondary N) is 2. The number of carbonyl (C=O) groups excluding carboxylic acids is 1. The number of carboxylic acid groups (broad SMARTS) is 1. The van der Waals surface area contributed by atoms with Gasteiger partial charge in [0.2, 0.25) is 0 Å². The van der Waals surface area contributed by atoms with Crippen LogP contribution in [0.25, 0.3) is 0 Å². The zero-order chi connectivity index (χ0) is 14.3. The minimum atomic E-state index is -3.91. The molecule has 1 atom stereocenters. The van der Waals surface area contributed by atoms with Crippen molar-refractivity contribution in [2.24, 2.45) is 0 Å². The lowest BCUT2D eigenvalue weighted by Gasteiger charge is -2.16. The molecule has 0 unspecified atom stereocenters. The highest BCUT2D eigenvalue weighted by Gasteiger charge is 2.25. The summed E-state index contributed by atoms with van der Waals surface area (Å²) in [5, 5.41) is 8.85. The fourth-order valence-electron chi connectivity index (χ4n) is 1.13. The second kappa shape index (κ2) is 7.29. The van der Waals surface area contributed by atoms with Crippen molar-refractivity contribution in [3.05, 3.63) is 0 Å². The van der Waals surface area contributed by atoms with Gasteiger partial charge in [0, 0.05) is 12.5 Å². The summed E-state index contributed by atoms with van der Waals surface area (Å²) in [5.41, 5.74) is 0. The van der Waals surface area contributed by atoms with Crippen LogP contribution in [-0.2, 0) is 24.5 Å². The van der Waals surface area contributed by atoms with Gasteiger partial charge in [-0.1, -0.05) is 0 Å². The quantitative estimate of drug-likeness (QED) is 0.502. The van der Waals surface area contributed by atoms with E-state index in [0.717, 1.165) is 0 Å². The van der Waals surface area contributed by atoms with E-state index in [1.54, 1.807) is 13.8 Å². The maximum Gasteiger partial charge on any atom is 0.321 e. The van der Waals surface area contributed by atoms with E-state index in [2.05, 4.69) is 9.46 Å². The Bertz CT molecular complexity index is 392. The van der Waals surface area contributed by atoms with Gasteiger partial charge in [-0.3, -0.25) is 9.59 Å². The second-order valence-electron chi connectivity index (χ2n) is 3.90. The molecule has 106 valence electrons. The number of carbonyl (C=O) groups is 2. The molecule has 0 heterocycles. The van der Waals surface area contributed by atoms with Crippen LogP contribution in [0.4, 0.5) is 0 Å². The summed E-state index contributed by atoms with van der Waals surface area (Å²) in [6, 6.07) is -1.74. The minimum absolute atomic E-state index is 0.180. The molecule has 0 bridgehead atoms. The summed E-state index contributed by atoms with van der Waals surface area (Å²) in [7, 11) is -2.74. The van der Waals surface area contributed by atoms with Gasteiger partial charge in [0.1, 0.15) is 6.04 Å². The number of esters is 1. The number of rotatable bonds is 8. The third-order valence-electron chi connectivity index (χ3n) is 1.85. The molecular formula is C9H18N2O6S. The lowest BCUT2D eigenvalue weighted by molar-refractivity contribution is -0.142. The molecule has 8 nitrogen and oxygen atoms in total. The van der Waals surface area contributed by atoms with Gasteiger partial charge >= 0.3 is 11.9 Å². The Morgan fingerprint density at radius 1 is 1.28 bits per heavy atom. The van der Waals surface area contributed by atoms with Crippen LogP contribution in [0.2, 0.25) is 0 Å². The first-order valence-corrected chi connectivity index (χ1v) is 6.75. The third kappa shape index (κ3) is 7.20. The molecule has 9 heteroatoms. The van der Waals surface area contributed by atoms with E-state index in [0.29, 0.717) is 0 Å². The number of ether oxygens (including phenoxy) is 1. The van der Waals surface area contributed by atoms with Gasteiger partial charge in [-0.05, 0) is 20.3 Å². The molecule has 0 aliphatic carbocycles. The average molecular weight is 282 g/mol. The van der Waals surface area contributed by atoms with Crippen LogP contribution in [-0.4, -0.2) is 44.7 Å². The number of aliphatic carboxylic acids is 1. The molecule has 0 amide bonds. The lowest BCUT2D eigenvalue weighted by Crippen LogP contribution is -2.48. The third-order valence-corrected chi connectivity index (χ3v) is 3.23. The van der Waals surface area contributed by atoms with E-state index in [4.69, 9.17) is 5.11 Å². The summed E-state index contributed by atoms with van der Waals surface area (Å²) in [4.78, 5) is 21.7. The molecule has 0 spiro atoms. The molecule has 0 aliphatic heterocycles. The van der Waals surface area contributed by atoms with E-state index in [-0.39, 0.29) is 18.9 Å². The van der Waals surface area contributed by atoms with Gasteiger partial charge in [0.25, 0.3) is 10.2 Å². The fraction of sp³-hybridized carbons (Fsp3) is 0.778. The SMILES string of the molecule is COC(=O)CC[C@@H](NS(=O)(=O)NC(C)C)C(=O)O. The van der Waals surface area contributed by atoms with Crippen molar-refractivity contribution < 1.29 is 27.9 Å². The molecule has 0 aromatic rings. The first-order chi connectivity index (χ1) is 8.18. The fourth-order valence-corrected chi connectivity index (χ4v) is 2.41. The van der Waals surface area contributed by atoms with Gasteiger partial charge in [-0.25, -0.2) is 0 Å². The van der Waals surface area contributed by atoms with Crippen molar-refractivity contribution in [2.75, 3.05) is 7.11 Å². The van der Waals surface area contributed by atoms with Gasteiger partial charge in [0.05, 0.1) is 7.11 Å². The first-order valence-electron chi connectivity index (χ1n) is 5.27. The molecule has 0 aromatic heterocycles. The monoisotopic (exact) mass is 282 g/mol. The number of hydrogen-bond donors (Lipinski definition) is 3. The van der Waals surface area contributed by atoms with Crippen molar-refractivity contribution in [2.45, 2.75) is 38.8 Å². The topological polar surface area (TPSA) is 122 Å². The Balaban J connectivity index is 4.54. The minimum Gasteiger partial charge on any atom is -0.480 e. The van der Waals surface area contributed by atoms with Crippen LogP contribution in [0.5, 0.6) is 0 Å². The second-order valence-corrected chi connectivity index (χ2v) is 5.38. The Morgan fingerprint density at radius 3 is 2.22 bits per heavy atom. The number of methoxy groups -OCH3 is 1. The van der Waals surface area contributed by atoms with Crippen LogP contribution in [0, 0.1) is 0 Å². The van der Waals surface area contributed by atoms with Crippen molar-refractivity contribution in [1.29, 1.82) is 0 Å². The highest BCUT2D eigenvalue weighted by Crippen LogP contribution is 2.01. The molecule has 0 rings (SSSR count). The average Bonchev–Trinajstić information content (AvgIpc) is 2.21. The maximum atomic E-state index is 11.5. The van der Waals surface area contributed by atoms with Gasteiger partial charge in [-0.2, -0.15) is 17.9 Å². The van der Waals surface area contributed by atoms with E-state index in [9.17, 15) is 18.0 Å². The Morgan fingerprint density at radius 2 is 1.83 bits per heavy atom. The standard InChI is InChI=1S/C9H18N2O6S/c1-6(2)10-18(15,16)11-7(9(13)14)4-5-8(12)17-3/h6-7,10-11H,4-5H2,1-3H3,(H,13,14)/t7-/m1/s1. The number of carboxylic acids is 1. The molecule has 0 aliphatic rings. The van der Waals surface area contributed by atoms with Crippen LogP contribution in [0.3, 0.4) is 0 Å². The van der Waals surface area contributed by atoms with Crippen molar-refractivity contribution in [3.8, 4) is 0 Å². The summed E-state index contributed by atoms with van der Waals surface area (Å²) < 4.78 is 31.4. The predicted octanol–water partition coefficient (Wildman–Crippen LogP) is -0.775. The van der Waals surface area contributed by atoms with Crippen LogP contribution in [0.15, 0.2) is 0 Å². The highest BCUT2D eigenvalue weighted by molar-refractivity contribution is 7.87. The van der Waals surface area contributed by atoms with E-state index >= 15 is 0 Å². The van der Waals surface area contributed by atoms with Crippen molar-refractivity contribution in [1.82, 2.24) is 9.44 Å². The van der Waals surface area contributed by atoms with Crippen LogP contribution < -0.4 is 9.44 Å². The first kappa shape index (κ1) is 16.8. The molecule has 0 aromatic carbocycles. The Kier molecular flexibility index (Phi) is 6.81. The highest BCUT2D eigenvalue weighted by atomic mass is 32.2. The van der Waals surface area contributed by atoms with Crippen LogP contribution >= 0.6 is 0 Å². The Hall–Kier alpha value is -1.19. The summed E-state index contributed by atoms with van der Waals surface area (Å²) >= 11 is 0. The summed E-state index contributed by atoms with van der Waals surface area (Å²) in [6.45, 7) is 3.20.